The Morgan fingerprint density at radius 2 is 1.73 bits per heavy atom. The first kappa shape index (κ1) is 35.0. The normalized spacial score (nSPS) is 17.2. The second-order valence-electron chi connectivity index (χ2n) is 16.6. The van der Waals surface area contributed by atoms with Gasteiger partial charge in [-0.3, -0.25) is 13.9 Å². The lowest BCUT2D eigenvalue weighted by molar-refractivity contribution is 0.166. The van der Waals surface area contributed by atoms with Crippen molar-refractivity contribution in [2.24, 2.45) is 0 Å². The fourth-order valence-electron chi connectivity index (χ4n) is 7.51. The molecule has 0 aliphatic heterocycles. The van der Waals surface area contributed by atoms with Crippen LogP contribution in [0.1, 0.15) is 25.3 Å². The maximum Gasteiger partial charge on any atom is 0.407 e. The Kier molecular flexibility index (Phi) is 8.10. The maximum absolute atomic E-state index is 16.4. The molecule has 252 valence electrons. The smallest absolute Gasteiger partial charge is 0.407 e. The minimum Gasteiger partial charge on any atom is -0.453 e. The summed E-state index contributed by atoms with van der Waals surface area (Å²) in [6.45, 7) is 0. The third-order valence-electron chi connectivity index (χ3n) is 9.77. The zero-order chi connectivity index (χ0) is 36.9. The third-order valence-corrected chi connectivity index (χ3v) is 9.77. The quantitative estimate of drug-likeness (QED) is 0.162. The van der Waals surface area contributed by atoms with Gasteiger partial charge in [0.2, 0.25) is 5.95 Å². The highest BCUT2D eigenvalue weighted by molar-refractivity contribution is 6.57. The summed E-state index contributed by atoms with van der Waals surface area (Å²) in [4.78, 5) is 34.9. The Hall–Kier alpha value is -4.43. The Labute approximate surface area is 300 Å². The summed E-state index contributed by atoms with van der Waals surface area (Å²) in [6.07, 6.45) is 6.16. The molecule has 0 radical (unpaired) electrons. The van der Waals surface area contributed by atoms with Crippen molar-refractivity contribution in [2.45, 2.75) is 47.1 Å². The maximum atomic E-state index is 16.4. The van der Waals surface area contributed by atoms with Gasteiger partial charge in [-0.05, 0) is 52.7 Å². The molecule has 1 aliphatic carbocycles. The molecule has 0 bridgehead atoms. The number of methoxy groups -OCH3 is 1. The van der Waals surface area contributed by atoms with Crippen molar-refractivity contribution in [3.8, 4) is 22.4 Å². The average Bonchev–Trinajstić information content (AvgIpc) is 3.83. The molecular formula is C28H36B9F2N9O3. The van der Waals surface area contributed by atoms with Crippen molar-refractivity contribution in [1.82, 2.24) is 44.0 Å². The summed E-state index contributed by atoms with van der Waals surface area (Å²) in [6, 6.07) is 2.80. The monoisotopic (exact) mass is 683 g/mol. The molecule has 1 saturated carbocycles. The Morgan fingerprint density at radius 1 is 1.00 bits per heavy atom. The van der Waals surface area contributed by atoms with Gasteiger partial charge < -0.3 is 19.6 Å². The van der Waals surface area contributed by atoms with Crippen molar-refractivity contribution >= 4 is 110 Å². The van der Waals surface area contributed by atoms with E-state index in [1.807, 2.05) is 76.7 Å². The lowest BCUT2D eigenvalue weighted by Crippen LogP contribution is -2.43. The van der Waals surface area contributed by atoms with Crippen molar-refractivity contribution in [3.05, 3.63) is 53.0 Å². The summed E-state index contributed by atoms with van der Waals surface area (Å²) in [7, 11) is 18.8. The minimum atomic E-state index is -0.701. The van der Waals surface area contributed by atoms with Crippen LogP contribution in [0.2, 0.25) is 0 Å². The number of ether oxygens (including phenoxy) is 1. The van der Waals surface area contributed by atoms with E-state index >= 15 is 8.78 Å². The zero-order valence-electron chi connectivity index (χ0n) is 30.8. The van der Waals surface area contributed by atoms with Crippen molar-refractivity contribution in [3.63, 3.8) is 0 Å². The number of imidazole rings is 1. The van der Waals surface area contributed by atoms with Crippen LogP contribution >= 0.6 is 0 Å². The number of hydrogen-bond acceptors (Lipinski definition) is 6. The summed E-state index contributed by atoms with van der Waals surface area (Å²) < 4.78 is 44.0. The number of aromatic amines is 1. The highest BCUT2D eigenvalue weighted by atomic mass is 19.1. The van der Waals surface area contributed by atoms with Gasteiger partial charge in [0.1, 0.15) is 87.6 Å². The number of nitrogens with one attached hydrogen (secondary N) is 2. The lowest BCUT2D eigenvalue weighted by Gasteiger charge is -2.21. The Morgan fingerprint density at radius 3 is 2.35 bits per heavy atom. The molecular weight excluding hydrogens is 646 g/mol. The molecule has 5 aromatic heterocycles. The second-order valence-corrected chi connectivity index (χ2v) is 16.6. The number of aromatic nitrogens is 8. The number of fused-ring (bicyclic) bond motifs is 4. The van der Waals surface area contributed by atoms with Crippen LogP contribution < -0.4 is 11.0 Å². The van der Waals surface area contributed by atoms with Crippen LogP contribution in [0.15, 0.2) is 35.5 Å². The first-order chi connectivity index (χ1) is 23.8. The highest BCUT2D eigenvalue weighted by Gasteiger charge is 2.35. The molecule has 5 heterocycles. The minimum absolute atomic E-state index is 0.185. The van der Waals surface area contributed by atoms with E-state index in [1.54, 1.807) is 37.1 Å². The molecule has 6 aromatic rings. The molecule has 0 spiro atoms. The number of amides is 1. The van der Waals surface area contributed by atoms with Gasteiger partial charge in [-0.15, -0.1) is 5.10 Å². The molecule has 51 heavy (non-hydrogen) atoms. The van der Waals surface area contributed by atoms with Gasteiger partial charge in [-0.1, -0.05) is 0 Å². The second kappa shape index (κ2) is 11.8. The number of benzene rings is 1. The van der Waals surface area contributed by atoms with Gasteiger partial charge in [0.05, 0.1) is 47.2 Å². The van der Waals surface area contributed by atoms with Gasteiger partial charge in [-0.2, -0.15) is 9.49 Å². The zero-order valence-corrected chi connectivity index (χ0v) is 30.8. The van der Waals surface area contributed by atoms with Crippen LogP contribution in [-0.4, -0.2) is 129 Å². The molecule has 1 fully saturated rings. The molecule has 0 saturated heterocycles. The molecule has 7 rings (SSSR count). The average molecular weight is 682 g/mol. The predicted molar refractivity (Wildman–Crippen MR) is 219 cm³/mol. The molecule has 1 aromatic carbocycles. The molecule has 1 aliphatic rings. The molecule has 2 N–H and O–H groups in total. The number of halogens is 2. The van der Waals surface area contributed by atoms with Crippen LogP contribution in [0.5, 0.6) is 0 Å². The van der Waals surface area contributed by atoms with Crippen molar-refractivity contribution in [2.75, 3.05) is 7.11 Å². The molecule has 0 unspecified atom stereocenters. The van der Waals surface area contributed by atoms with Crippen LogP contribution in [0, 0.1) is 11.8 Å². The fraction of sp³-hybridized carbons (Fsp3) is 0.321. The number of carbonyl (C=O) groups is 1. The Balaban J connectivity index is 1.59. The lowest BCUT2D eigenvalue weighted by atomic mass is 9.49. The third kappa shape index (κ3) is 5.76. The summed E-state index contributed by atoms with van der Waals surface area (Å²) in [5, 5.41) is 11.1. The topological polar surface area (TPSA) is 130 Å². The molecule has 2 atom stereocenters. The van der Waals surface area contributed by atoms with E-state index in [1.165, 1.54) is 13.2 Å². The largest absolute Gasteiger partial charge is 0.453 e. The number of carbonyl (C=O) groups excluding carboxylic acids is 1. The van der Waals surface area contributed by atoms with E-state index in [2.05, 4.69) is 20.5 Å². The van der Waals surface area contributed by atoms with E-state index < -0.39 is 33.6 Å². The van der Waals surface area contributed by atoms with Crippen molar-refractivity contribution < 1.29 is 18.3 Å². The molecule has 23 heteroatoms. The number of rotatable bonds is 7. The van der Waals surface area contributed by atoms with Gasteiger partial charge in [0, 0.05) is 29.2 Å². The molecule has 1 amide bonds. The van der Waals surface area contributed by atoms with E-state index in [9.17, 15) is 9.59 Å². The fourth-order valence-corrected chi connectivity index (χ4v) is 7.51. The Bertz CT molecular complexity index is 2440. The van der Waals surface area contributed by atoms with Gasteiger partial charge in [-0.25, -0.2) is 19.0 Å². The van der Waals surface area contributed by atoms with E-state index in [-0.39, 0.29) is 23.3 Å². The predicted octanol–water partition coefficient (Wildman–Crippen LogP) is -5.31. The number of H-pyrrole nitrogens is 1. The summed E-state index contributed by atoms with van der Waals surface area (Å²) in [5.74, 6) is -1.19. The number of nitrogens with zero attached hydrogens (tertiary/aromatic N) is 7. The van der Waals surface area contributed by atoms with Crippen molar-refractivity contribution in [1.29, 1.82) is 0 Å². The SMILES string of the molecule is BC(B)(B)n1cc(-c2[nH]c3ncc4c(c3c2-c2cc(F)c3c(cnn3C(B)(B)B)c2)n([C@@H]2CC[C@@H](NC(=O)OC)C2)c(=O)n4C(B)(B)B)c(F)n1. The number of pyridine rings is 1. The summed E-state index contributed by atoms with van der Waals surface area (Å²) in [5.41, 5.74) is 3.21. The number of alkyl carbamates (subject to hydrolysis) is 1. The van der Waals surface area contributed by atoms with Gasteiger partial charge in [0.25, 0.3) is 0 Å². The van der Waals surface area contributed by atoms with Crippen LogP contribution in [0.4, 0.5) is 13.6 Å². The van der Waals surface area contributed by atoms with E-state index in [4.69, 9.17) is 9.72 Å². The van der Waals surface area contributed by atoms with E-state index in [0.29, 0.717) is 69.1 Å². The first-order valence-electron chi connectivity index (χ1n) is 17.3. The highest BCUT2D eigenvalue weighted by Crippen LogP contribution is 2.44. The van der Waals surface area contributed by atoms with Crippen LogP contribution in [0.25, 0.3) is 55.4 Å². The van der Waals surface area contributed by atoms with E-state index in [0.717, 1.165) is 0 Å². The standard InChI is InChI=1S/C28H36B9F2N9O3/c1-51-24(49)42-12-2-3-13(6-12)46-21-16(47(25(46)50)27(32,33)34)8-40-23-18(21)17(19(43-23)14-9-45(26(29,30)31)44-22(14)39)10-4-11-7-41-48(28(35,36)37)20(11)15(38)5-10/h4-5,7-9,12-13H,2-3,6,29-37H2,1H3,(H,40,43)(H,42,49)/t12-,13-/m1/s1. The van der Waals surface area contributed by atoms with Crippen LogP contribution in [0.3, 0.4) is 0 Å². The van der Waals surface area contributed by atoms with Gasteiger partial charge >= 0.3 is 11.8 Å². The van der Waals surface area contributed by atoms with Crippen LogP contribution in [-0.2, 0) is 20.4 Å². The first-order valence-corrected chi connectivity index (χ1v) is 17.3. The summed E-state index contributed by atoms with van der Waals surface area (Å²) >= 11 is 0. The number of hydrogen-bond donors (Lipinski definition) is 2. The molecule has 12 nitrogen and oxygen atoms in total. The van der Waals surface area contributed by atoms with Gasteiger partial charge in [0.15, 0.2) is 0 Å².